The molecule has 1 atom stereocenters. The summed E-state index contributed by atoms with van der Waals surface area (Å²) in [4.78, 5) is 15.9. The van der Waals surface area contributed by atoms with Crippen molar-refractivity contribution in [3.63, 3.8) is 0 Å². The van der Waals surface area contributed by atoms with Crippen LogP contribution < -0.4 is 0 Å². The molecule has 134 valence electrons. The van der Waals surface area contributed by atoms with Crippen molar-refractivity contribution in [3.8, 4) is 10.8 Å². The number of Topliss-reactive ketones (excluding diaryl/α,β-unsaturated/α-hetero) is 1. The van der Waals surface area contributed by atoms with Crippen LogP contribution in [0.5, 0.6) is 0 Å². The van der Waals surface area contributed by atoms with E-state index < -0.39 is 0 Å². The molecule has 1 aliphatic heterocycles. The van der Waals surface area contributed by atoms with E-state index in [4.69, 9.17) is 4.42 Å². The van der Waals surface area contributed by atoms with E-state index in [1.807, 2.05) is 47.8 Å². The number of likely N-dealkylation sites (tertiary alicyclic amines) is 1. The summed E-state index contributed by atoms with van der Waals surface area (Å²) >= 11 is 1.59. The Labute approximate surface area is 156 Å². The molecule has 0 radical (unpaired) electrons. The van der Waals surface area contributed by atoms with Gasteiger partial charge in [-0.25, -0.2) is 0 Å². The molecule has 4 rings (SSSR count). The second-order valence-corrected chi connectivity index (χ2v) is 7.59. The number of ketones is 1. The molecule has 5 nitrogen and oxygen atoms in total. The average Bonchev–Trinajstić information content (AvgIpc) is 3.39. The Bertz CT molecular complexity index is 852. The Morgan fingerprint density at radius 3 is 2.62 bits per heavy atom. The summed E-state index contributed by atoms with van der Waals surface area (Å²) in [5.41, 5.74) is 0.816. The monoisotopic (exact) mass is 367 g/mol. The topological polar surface area (TPSA) is 59.2 Å². The number of rotatable bonds is 5. The average molecular weight is 367 g/mol. The number of hydrogen-bond donors (Lipinski definition) is 0. The van der Waals surface area contributed by atoms with E-state index in [1.165, 1.54) is 0 Å². The zero-order valence-electron chi connectivity index (χ0n) is 14.7. The lowest BCUT2D eigenvalue weighted by molar-refractivity contribution is 0.0782. The number of carbonyl (C=O) groups excluding carboxylic acids is 1. The van der Waals surface area contributed by atoms with Gasteiger partial charge < -0.3 is 4.42 Å². The fourth-order valence-electron chi connectivity index (χ4n) is 3.45. The first kappa shape index (κ1) is 17.1. The number of aromatic nitrogens is 2. The third-order valence-corrected chi connectivity index (χ3v) is 5.89. The van der Waals surface area contributed by atoms with Crippen LogP contribution in [0.2, 0.25) is 0 Å². The van der Waals surface area contributed by atoms with Crippen LogP contribution in [-0.2, 0) is 0 Å². The van der Waals surface area contributed by atoms with Gasteiger partial charge in [-0.1, -0.05) is 36.4 Å². The zero-order valence-corrected chi connectivity index (χ0v) is 15.5. The van der Waals surface area contributed by atoms with Crippen molar-refractivity contribution in [1.29, 1.82) is 0 Å². The second kappa shape index (κ2) is 7.51. The van der Waals surface area contributed by atoms with Gasteiger partial charge in [0.25, 0.3) is 5.89 Å². The van der Waals surface area contributed by atoms with Gasteiger partial charge in [-0.15, -0.1) is 21.5 Å². The molecule has 0 spiro atoms. The van der Waals surface area contributed by atoms with Gasteiger partial charge in [0.2, 0.25) is 5.89 Å². The van der Waals surface area contributed by atoms with Crippen molar-refractivity contribution in [2.45, 2.75) is 25.8 Å². The predicted octanol–water partition coefficient (Wildman–Crippen LogP) is 4.45. The maximum absolute atomic E-state index is 12.6. The van der Waals surface area contributed by atoms with Crippen LogP contribution in [0, 0.1) is 5.92 Å². The van der Waals surface area contributed by atoms with E-state index in [0.717, 1.165) is 36.4 Å². The highest BCUT2D eigenvalue weighted by Crippen LogP contribution is 2.30. The number of thiophene rings is 1. The summed E-state index contributed by atoms with van der Waals surface area (Å²) in [7, 11) is 0. The van der Waals surface area contributed by atoms with Crippen LogP contribution in [-0.4, -0.2) is 34.0 Å². The van der Waals surface area contributed by atoms with Crippen molar-refractivity contribution >= 4 is 17.1 Å². The molecule has 0 saturated carbocycles. The van der Waals surface area contributed by atoms with Crippen molar-refractivity contribution in [3.05, 3.63) is 59.3 Å². The summed E-state index contributed by atoms with van der Waals surface area (Å²) in [6.07, 6.45) is 1.73. The first-order valence-corrected chi connectivity index (χ1v) is 9.81. The van der Waals surface area contributed by atoms with Gasteiger partial charge in [0.1, 0.15) is 0 Å². The Hall–Kier alpha value is -2.31. The summed E-state index contributed by atoms with van der Waals surface area (Å²) in [6, 6.07) is 13.6. The van der Waals surface area contributed by atoms with Crippen molar-refractivity contribution in [2.24, 2.45) is 5.92 Å². The van der Waals surface area contributed by atoms with Crippen LogP contribution in [0.1, 0.15) is 42.1 Å². The Kier molecular flexibility index (Phi) is 4.95. The predicted molar refractivity (Wildman–Crippen MR) is 101 cm³/mol. The van der Waals surface area contributed by atoms with Crippen LogP contribution in [0.4, 0.5) is 0 Å². The third-order valence-electron chi connectivity index (χ3n) is 5.04. The maximum Gasteiger partial charge on any atom is 0.257 e. The van der Waals surface area contributed by atoms with Crippen molar-refractivity contribution in [2.75, 3.05) is 13.1 Å². The molecule has 0 N–H and O–H groups in total. The van der Waals surface area contributed by atoms with Crippen molar-refractivity contribution in [1.82, 2.24) is 15.1 Å². The first-order chi connectivity index (χ1) is 12.7. The molecule has 6 heteroatoms. The molecular formula is C20H21N3O2S. The molecule has 0 bridgehead atoms. The molecule has 1 fully saturated rings. The van der Waals surface area contributed by atoms with Gasteiger partial charge in [-0.2, -0.15) is 0 Å². The highest BCUT2D eigenvalue weighted by atomic mass is 32.1. The summed E-state index contributed by atoms with van der Waals surface area (Å²) < 4.78 is 5.87. The number of nitrogens with zero attached hydrogens (tertiary/aromatic N) is 3. The van der Waals surface area contributed by atoms with Gasteiger partial charge in [0.05, 0.1) is 10.9 Å². The van der Waals surface area contributed by atoms with Gasteiger partial charge in [0.15, 0.2) is 5.78 Å². The SMILES string of the molecule is CC(c1nnc(-c2cccs2)o1)N1CCC(C(=O)c2ccccc2)CC1. The summed E-state index contributed by atoms with van der Waals surface area (Å²) in [5.74, 6) is 1.58. The molecule has 1 aromatic carbocycles. The fraction of sp³-hybridized carbons (Fsp3) is 0.350. The van der Waals surface area contributed by atoms with Gasteiger partial charge >= 0.3 is 0 Å². The van der Waals surface area contributed by atoms with E-state index in [0.29, 0.717) is 11.8 Å². The number of piperidine rings is 1. The quantitative estimate of drug-likeness (QED) is 0.623. The van der Waals surface area contributed by atoms with E-state index in [-0.39, 0.29) is 17.7 Å². The lowest BCUT2D eigenvalue weighted by Gasteiger charge is -2.34. The van der Waals surface area contributed by atoms with Crippen LogP contribution in [0.15, 0.2) is 52.3 Å². The minimum atomic E-state index is 0.0592. The molecular weight excluding hydrogens is 346 g/mol. The largest absolute Gasteiger partial charge is 0.418 e. The lowest BCUT2D eigenvalue weighted by atomic mass is 9.88. The molecule has 1 unspecified atom stereocenters. The number of benzene rings is 1. The zero-order chi connectivity index (χ0) is 17.9. The molecule has 3 heterocycles. The van der Waals surface area contributed by atoms with E-state index in [2.05, 4.69) is 22.0 Å². The number of carbonyl (C=O) groups is 1. The fourth-order valence-corrected chi connectivity index (χ4v) is 4.09. The molecule has 26 heavy (non-hydrogen) atoms. The van der Waals surface area contributed by atoms with Crippen LogP contribution in [0.25, 0.3) is 10.8 Å². The lowest BCUT2D eigenvalue weighted by Crippen LogP contribution is -2.38. The number of hydrogen-bond acceptors (Lipinski definition) is 6. The van der Waals surface area contributed by atoms with E-state index in [1.54, 1.807) is 11.3 Å². The van der Waals surface area contributed by atoms with E-state index in [9.17, 15) is 4.79 Å². The van der Waals surface area contributed by atoms with Gasteiger partial charge in [0, 0.05) is 11.5 Å². The Morgan fingerprint density at radius 1 is 1.15 bits per heavy atom. The molecule has 3 aromatic rings. The second-order valence-electron chi connectivity index (χ2n) is 6.64. The van der Waals surface area contributed by atoms with Crippen LogP contribution in [0.3, 0.4) is 0 Å². The molecule has 0 amide bonds. The molecule has 1 aliphatic rings. The molecule has 0 aliphatic carbocycles. The van der Waals surface area contributed by atoms with Gasteiger partial charge in [-0.05, 0) is 44.3 Å². The minimum Gasteiger partial charge on any atom is -0.418 e. The summed E-state index contributed by atoms with van der Waals surface area (Å²) in [5, 5.41) is 10.4. The smallest absolute Gasteiger partial charge is 0.257 e. The maximum atomic E-state index is 12.6. The van der Waals surface area contributed by atoms with E-state index >= 15 is 0 Å². The Balaban J connectivity index is 1.38. The normalized spacial score (nSPS) is 17.3. The summed E-state index contributed by atoms with van der Waals surface area (Å²) in [6.45, 7) is 3.81. The molecule has 2 aromatic heterocycles. The first-order valence-electron chi connectivity index (χ1n) is 8.93. The van der Waals surface area contributed by atoms with Crippen molar-refractivity contribution < 1.29 is 9.21 Å². The third kappa shape index (κ3) is 3.48. The molecule has 1 saturated heterocycles. The standard InChI is InChI=1S/C20H21N3O2S/c1-14(19-21-22-20(25-19)17-8-5-13-26-17)23-11-9-16(10-12-23)18(24)15-6-3-2-4-7-15/h2-8,13-14,16H,9-12H2,1H3. The Morgan fingerprint density at radius 2 is 1.92 bits per heavy atom. The van der Waals surface area contributed by atoms with Crippen LogP contribution >= 0.6 is 11.3 Å². The van der Waals surface area contributed by atoms with Gasteiger partial charge in [-0.3, -0.25) is 9.69 Å². The highest BCUT2D eigenvalue weighted by molar-refractivity contribution is 7.13. The highest BCUT2D eigenvalue weighted by Gasteiger charge is 2.30. The minimum absolute atomic E-state index is 0.0592.